The van der Waals surface area contributed by atoms with Crippen molar-refractivity contribution in [2.45, 2.75) is 20.8 Å². The Morgan fingerprint density at radius 1 is 1.30 bits per heavy atom. The van der Waals surface area contributed by atoms with Crippen molar-refractivity contribution in [3.8, 4) is 0 Å². The molecule has 4 heteroatoms. The van der Waals surface area contributed by atoms with E-state index in [9.17, 15) is 9.59 Å². The molecule has 1 aliphatic heterocycles. The minimum Gasteiger partial charge on any atom is -0.313 e. The van der Waals surface area contributed by atoms with Crippen molar-refractivity contribution in [3.05, 3.63) is 41.0 Å². The van der Waals surface area contributed by atoms with Crippen LogP contribution in [0.3, 0.4) is 0 Å². The number of benzene rings is 1. The van der Waals surface area contributed by atoms with E-state index >= 15 is 0 Å². The van der Waals surface area contributed by atoms with Gasteiger partial charge in [0, 0.05) is 13.1 Å². The van der Waals surface area contributed by atoms with Gasteiger partial charge in [0.05, 0.1) is 11.3 Å². The van der Waals surface area contributed by atoms with Gasteiger partial charge in [-0.2, -0.15) is 0 Å². The second kappa shape index (κ2) is 5.59. The standard InChI is InChI=1S/C16H20N2O2/c1-5-17-8-10(2)9-18-14-12(4)11(3)6-7-13(14)15(19)16(18)20/h6-7,17H,2,5,8-9H2,1,3-4H3. The summed E-state index contributed by atoms with van der Waals surface area (Å²) in [5, 5.41) is 3.18. The molecule has 0 saturated heterocycles. The third kappa shape index (κ3) is 2.39. The van der Waals surface area contributed by atoms with E-state index in [0.29, 0.717) is 18.7 Å². The van der Waals surface area contributed by atoms with Crippen LogP contribution in [0.1, 0.15) is 28.4 Å². The number of carbonyl (C=O) groups excluding carboxylic acids is 2. The average Bonchev–Trinajstić information content (AvgIpc) is 2.66. The Morgan fingerprint density at radius 3 is 2.65 bits per heavy atom. The number of rotatable bonds is 5. The number of hydrogen-bond acceptors (Lipinski definition) is 3. The normalized spacial score (nSPS) is 13.8. The van der Waals surface area contributed by atoms with Crippen LogP contribution in [0.4, 0.5) is 5.69 Å². The molecule has 0 fully saturated rings. The molecule has 106 valence electrons. The smallest absolute Gasteiger partial charge is 0.299 e. The van der Waals surface area contributed by atoms with Crippen LogP contribution in [0.15, 0.2) is 24.3 Å². The van der Waals surface area contributed by atoms with Crippen LogP contribution in [0, 0.1) is 13.8 Å². The molecule has 0 spiro atoms. The molecular formula is C16H20N2O2. The molecule has 0 bridgehead atoms. The van der Waals surface area contributed by atoms with Crippen LogP contribution >= 0.6 is 0 Å². The number of aryl methyl sites for hydroxylation is 1. The topological polar surface area (TPSA) is 49.4 Å². The lowest BCUT2D eigenvalue weighted by Gasteiger charge is -2.20. The van der Waals surface area contributed by atoms with Crippen LogP contribution in [-0.2, 0) is 4.79 Å². The maximum atomic E-state index is 12.1. The van der Waals surface area contributed by atoms with Crippen molar-refractivity contribution in [3.63, 3.8) is 0 Å². The van der Waals surface area contributed by atoms with Crippen LogP contribution in [0.25, 0.3) is 0 Å². The number of carbonyl (C=O) groups is 2. The Labute approximate surface area is 119 Å². The molecule has 0 saturated carbocycles. The molecule has 1 N–H and O–H groups in total. The molecule has 0 atom stereocenters. The summed E-state index contributed by atoms with van der Waals surface area (Å²) >= 11 is 0. The summed E-state index contributed by atoms with van der Waals surface area (Å²) in [6, 6.07) is 3.63. The second-order valence-electron chi connectivity index (χ2n) is 5.15. The molecule has 20 heavy (non-hydrogen) atoms. The van der Waals surface area contributed by atoms with Crippen molar-refractivity contribution in [1.82, 2.24) is 5.32 Å². The van der Waals surface area contributed by atoms with Crippen molar-refractivity contribution >= 4 is 17.4 Å². The number of ketones is 1. The highest BCUT2D eigenvalue weighted by Crippen LogP contribution is 2.34. The number of likely N-dealkylation sites (N-methyl/N-ethyl adjacent to an activating group) is 1. The van der Waals surface area contributed by atoms with Crippen molar-refractivity contribution < 1.29 is 9.59 Å². The Hall–Kier alpha value is -1.94. The Bertz CT molecular complexity index is 590. The zero-order chi connectivity index (χ0) is 14.9. The zero-order valence-corrected chi connectivity index (χ0v) is 12.2. The SMILES string of the molecule is C=C(CNCC)CN1C(=O)C(=O)c2ccc(C)c(C)c21. The zero-order valence-electron chi connectivity index (χ0n) is 12.2. The number of nitrogens with one attached hydrogen (secondary N) is 1. The quantitative estimate of drug-likeness (QED) is 0.659. The van der Waals surface area contributed by atoms with E-state index in [0.717, 1.165) is 28.9 Å². The maximum Gasteiger partial charge on any atom is 0.299 e. The molecule has 2 rings (SSSR count). The average molecular weight is 272 g/mol. The first-order chi connectivity index (χ1) is 9.47. The summed E-state index contributed by atoms with van der Waals surface area (Å²) in [6.07, 6.45) is 0. The van der Waals surface area contributed by atoms with Crippen molar-refractivity contribution in [1.29, 1.82) is 0 Å². The highest BCUT2D eigenvalue weighted by Gasteiger charge is 2.37. The molecule has 0 aromatic heterocycles. The maximum absolute atomic E-state index is 12.1. The van der Waals surface area contributed by atoms with Gasteiger partial charge in [-0.3, -0.25) is 9.59 Å². The van der Waals surface area contributed by atoms with E-state index < -0.39 is 11.7 Å². The number of fused-ring (bicyclic) bond motifs is 1. The van der Waals surface area contributed by atoms with E-state index in [1.165, 1.54) is 0 Å². The number of hydrogen-bond donors (Lipinski definition) is 1. The molecule has 1 heterocycles. The molecule has 1 aromatic rings. The lowest BCUT2D eigenvalue weighted by atomic mass is 10.0. The molecule has 4 nitrogen and oxygen atoms in total. The van der Waals surface area contributed by atoms with E-state index in [4.69, 9.17) is 0 Å². The molecule has 1 aliphatic rings. The minimum absolute atomic E-state index is 0.384. The summed E-state index contributed by atoms with van der Waals surface area (Å²) < 4.78 is 0. The number of Topliss-reactive ketones (excluding diaryl/α,β-unsaturated/α-hetero) is 1. The molecular weight excluding hydrogens is 252 g/mol. The van der Waals surface area contributed by atoms with Gasteiger partial charge in [-0.15, -0.1) is 0 Å². The third-order valence-electron chi connectivity index (χ3n) is 3.66. The first-order valence-electron chi connectivity index (χ1n) is 6.81. The predicted molar refractivity (Wildman–Crippen MR) is 80.3 cm³/mol. The van der Waals surface area contributed by atoms with E-state index in [1.54, 1.807) is 11.0 Å². The number of amides is 1. The largest absolute Gasteiger partial charge is 0.313 e. The van der Waals surface area contributed by atoms with Crippen LogP contribution in [0.2, 0.25) is 0 Å². The number of anilines is 1. The summed E-state index contributed by atoms with van der Waals surface area (Å²) in [5.41, 5.74) is 4.21. The van der Waals surface area contributed by atoms with Gasteiger partial charge < -0.3 is 10.2 Å². The Morgan fingerprint density at radius 2 is 2.00 bits per heavy atom. The van der Waals surface area contributed by atoms with Gasteiger partial charge in [0.25, 0.3) is 11.7 Å². The van der Waals surface area contributed by atoms with Crippen LogP contribution < -0.4 is 10.2 Å². The van der Waals surface area contributed by atoms with Gasteiger partial charge in [0.2, 0.25) is 0 Å². The fourth-order valence-corrected chi connectivity index (χ4v) is 2.40. The van der Waals surface area contributed by atoms with Crippen LogP contribution in [-0.4, -0.2) is 31.3 Å². The Kier molecular flexibility index (Phi) is 4.04. The highest BCUT2D eigenvalue weighted by atomic mass is 16.2. The van der Waals surface area contributed by atoms with Gasteiger partial charge in [-0.25, -0.2) is 0 Å². The van der Waals surface area contributed by atoms with Gasteiger partial charge >= 0.3 is 0 Å². The van der Waals surface area contributed by atoms with E-state index in [1.807, 2.05) is 26.8 Å². The molecule has 1 amide bonds. The van der Waals surface area contributed by atoms with Gasteiger partial charge in [-0.05, 0) is 43.2 Å². The van der Waals surface area contributed by atoms with Crippen molar-refractivity contribution in [2.75, 3.05) is 24.5 Å². The summed E-state index contributed by atoms with van der Waals surface area (Å²) in [7, 11) is 0. The third-order valence-corrected chi connectivity index (χ3v) is 3.66. The second-order valence-corrected chi connectivity index (χ2v) is 5.15. The fraction of sp³-hybridized carbons (Fsp3) is 0.375. The van der Waals surface area contributed by atoms with Gasteiger partial charge in [0.15, 0.2) is 0 Å². The van der Waals surface area contributed by atoms with Crippen molar-refractivity contribution in [2.24, 2.45) is 0 Å². The van der Waals surface area contributed by atoms with E-state index in [-0.39, 0.29) is 0 Å². The van der Waals surface area contributed by atoms with Crippen LogP contribution in [0.5, 0.6) is 0 Å². The van der Waals surface area contributed by atoms with Gasteiger partial charge in [0.1, 0.15) is 0 Å². The molecule has 0 aliphatic carbocycles. The summed E-state index contributed by atoms with van der Waals surface area (Å²) in [5.74, 6) is -0.870. The summed E-state index contributed by atoms with van der Waals surface area (Å²) in [4.78, 5) is 25.7. The first-order valence-corrected chi connectivity index (χ1v) is 6.81. The minimum atomic E-state index is -0.452. The lowest BCUT2D eigenvalue weighted by molar-refractivity contribution is -0.114. The highest BCUT2D eigenvalue weighted by molar-refractivity contribution is 6.52. The summed E-state index contributed by atoms with van der Waals surface area (Å²) in [6.45, 7) is 11.8. The predicted octanol–water partition coefficient (Wildman–Crippen LogP) is 2.00. The molecule has 1 aromatic carbocycles. The lowest BCUT2D eigenvalue weighted by Crippen LogP contribution is -2.34. The van der Waals surface area contributed by atoms with E-state index in [2.05, 4.69) is 11.9 Å². The number of nitrogens with zero attached hydrogens (tertiary/aromatic N) is 1. The Balaban J connectivity index is 2.32. The fourth-order valence-electron chi connectivity index (χ4n) is 2.40. The molecule has 0 unspecified atom stereocenters. The monoisotopic (exact) mass is 272 g/mol. The van der Waals surface area contributed by atoms with Gasteiger partial charge in [-0.1, -0.05) is 19.6 Å². The molecule has 0 radical (unpaired) electrons. The first kappa shape index (κ1) is 14.5.